The summed E-state index contributed by atoms with van der Waals surface area (Å²) in [6.45, 7) is 2.54. The van der Waals surface area contributed by atoms with Gasteiger partial charge in [-0.05, 0) is 54.0 Å². The molecule has 7 heteroatoms. The first-order valence-electron chi connectivity index (χ1n) is 10.5. The van der Waals surface area contributed by atoms with Crippen molar-refractivity contribution in [1.29, 1.82) is 0 Å². The van der Waals surface area contributed by atoms with E-state index in [0.717, 1.165) is 47.7 Å². The molecule has 3 heterocycles. The Hall–Kier alpha value is -3.35. The summed E-state index contributed by atoms with van der Waals surface area (Å²) < 4.78 is 1.80. The maximum atomic E-state index is 13.5. The fourth-order valence-electron chi connectivity index (χ4n) is 4.59. The third-order valence-corrected chi connectivity index (χ3v) is 6.09. The molecule has 30 heavy (non-hydrogen) atoms. The number of aryl methyl sites for hydroxylation is 1. The number of rotatable bonds is 4. The molecule has 3 aromatic heterocycles. The van der Waals surface area contributed by atoms with Gasteiger partial charge in [0.2, 0.25) is 0 Å². The summed E-state index contributed by atoms with van der Waals surface area (Å²) in [5.41, 5.74) is 4.41. The van der Waals surface area contributed by atoms with Crippen molar-refractivity contribution < 1.29 is 4.79 Å². The van der Waals surface area contributed by atoms with Gasteiger partial charge in [-0.15, -0.1) is 5.10 Å². The first-order chi connectivity index (χ1) is 14.7. The number of hydrogen-bond acceptors (Lipinski definition) is 5. The summed E-state index contributed by atoms with van der Waals surface area (Å²) in [6.07, 6.45) is 8.94. The van der Waals surface area contributed by atoms with Crippen LogP contribution in [0.2, 0.25) is 0 Å². The molecular weight excluding hydrogens is 376 g/mol. The van der Waals surface area contributed by atoms with Crippen LogP contribution < -0.4 is 0 Å². The molecule has 0 saturated heterocycles. The molecule has 1 aromatic carbocycles. The molecule has 152 valence electrons. The van der Waals surface area contributed by atoms with Crippen LogP contribution in [0.3, 0.4) is 0 Å². The average molecular weight is 400 g/mol. The molecule has 1 fully saturated rings. The highest BCUT2D eigenvalue weighted by molar-refractivity contribution is 5.94. The Morgan fingerprint density at radius 3 is 2.83 bits per heavy atom. The number of pyridine rings is 2. The Labute approximate surface area is 174 Å². The second-order valence-electron chi connectivity index (χ2n) is 8.06. The lowest BCUT2D eigenvalue weighted by Gasteiger charge is -2.34. The topological polar surface area (TPSA) is 76.3 Å². The summed E-state index contributed by atoms with van der Waals surface area (Å²) in [6, 6.07) is 12.2. The van der Waals surface area contributed by atoms with Gasteiger partial charge >= 0.3 is 0 Å². The fourth-order valence-corrected chi connectivity index (χ4v) is 4.59. The lowest BCUT2D eigenvalue weighted by Crippen LogP contribution is -2.41. The monoisotopic (exact) mass is 400 g/mol. The first kappa shape index (κ1) is 18.7. The minimum atomic E-state index is 0.0185. The Bertz CT molecular complexity index is 1200. The van der Waals surface area contributed by atoms with E-state index in [4.69, 9.17) is 0 Å². The summed E-state index contributed by atoms with van der Waals surface area (Å²) in [5, 5.41) is 13.5. The Balaban J connectivity index is 1.59. The standard InChI is InChI=1S/C23H24N6O/c1-16-7-5-8-17-13-19(22-25-26-27-29(22)21(16)17)15-28(20-10-3-2-4-11-20)23(30)18-9-6-12-24-14-18/h5-9,12-14,20H,2-4,10-11,15H2,1H3. The van der Waals surface area contributed by atoms with Gasteiger partial charge in [0.15, 0.2) is 5.65 Å². The molecular formula is C23H24N6O. The van der Waals surface area contributed by atoms with Gasteiger partial charge in [-0.2, -0.15) is 4.52 Å². The number of tetrazole rings is 1. The zero-order valence-electron chi connectivity index (χ0n) is 17.0. The van der Waals surface area contributed by atoms with Crippen LogP contribution in [0.5, 0.6) is 0 Å². The molecule has 0 unspecified atom stereocenters. The maximum absolute atomic E-state index is 13.5. The molecule has 1 saturated carbocycles. The second kappa shape index (κ2) is 7.82. The van der Waals surface area contributed by atoms with Gasteiger partial charge < -0.3 is 4.90 Å². The van der Waals surface area contributed by atoms with Crippen LogP contribution >= 0.6 is 0 Å². The van der Waals surface area contributed by atoms with Crippen molar-refractivity contribution in [3.8, 4) is 0 Å². The van der Waals surface area contributed by atoms with E-state index in [-0.39, 0.29) is 11.9 Å². The predicted molar refractivity (Wildman–Crippen MR) is 114 cm³/mol. The molecule has 0 radical (unpaired) electrons. The van der Waals surface area contributed by atoms with Gasteiger partial charge in [-0.3, -0.25) is 9.78 Å². The largest absolute Gasteiger partial charge is 0.331 e. The van der Waals surface area contributed by atoms with Gasteiger partial charge in [0.25, 0.3) is 5.91 Å². The SMILES string of the molecule is Cc1cccc2cc(CN(C(=O)c3cccnc3)C3CCCCC3)c3nnnn3c12. The van der Waals surface area contributed by atoms with Crippen molar-refractivity contribution >= 4 is 22.5 Å². The summed E-state index contributed by atoms with van der Waals surface area (Å²) in [7, 11) is 0. The summed E-state index contributed by atoms with van der Waals surface area (Å²) >= 11 is 0. The highest BCUT2D eigenvalue weighted by Crippen LogP contribution is 2.28. The number of amides is 1. The molecule has 1 amide bonds. The van der Waals surface area contributed by atoms with Gasteiger partial charge in [0.1, 0.15) is 0 Å². The molecule has 0 bridgehead atoms. The molecule has 4 aromatic rings. The molecule has 1 aliphatic rings. The second-order valence-corrected chi connectivity index (χ2v) is 8.06. The van der Waals surface area contributed by atoms with E-state index in [9.17, 15) is 4.79 Å². The molecule has 0 N–H and O–H groups in total. The number of nitrogens with zero attached hydrogens (tertiary/aromatic N) is 6. The number of aromatic nitrogens is 5. The van der Waals surface area contributed by atoms with Gasteiger partial charge in [-0.25, -0.2) is 0 Å². The third kappa shape index (κ3) is 3.30. The van der Waals surface area contributed by atoms with Crippen molar-refractivity contribution in [3.63, 3.8) is 0 Å². The number of benzene rings is 1. The molecule has 1 aliphatic carbocycles. The van der Waals surface area contributed by atoms with Crippen molar-refractivity contribution in [2.45, 2.75) is 51.6 Å². The molecule has 5 rings (SSSR count). The number of fused-ring (bicyclic) bond motifs is 3. The summed E-state index contributed by atoms with van der Waals surface area (Å²) in [4.78, 5) is 19.6. The fraction of sp³-hybridized carbons (Fsp3) is 0.348. The van der Waals surface area contributed by atoms with Crippen molar-refractivity contribution in [2.75, 3.05) is 0 Å². The quantitative estimate of drug-likeness (QED) is 0.518. The first-order valence-corrected chi connectivity index (χ1v) is 10.5. The van der Waals surface area contributed by atoms with E-state index in [2.05, 4.69) is 45.6 Å². The number of para-hydroxylation sites is 1. The zero-order chi connectivity index (χ0) is 20.5. The predicted octanol–water partition coefficient (Wildman–Crippen LogP) is 3.96. The lowest BCUT2D eigenvalue weighted by atomic mass is 9.93. The highest BCUT2D eigenvalue weighted by atomic mass is 16.2. The van der Waals surface area contributed by atoms with E-state index >= 15 is 0 Å². The van der Waals surface area contributed by atoms with Crippen LogP contribution in [0.25, 0.3) is 16.6 Å². The molecule has 7 nitrogen and oxygen atoms in total. The molecule has 0 spiro atoms. The number of carbonyl (C=O) groups is 1. The van der Waals surface area contributed by atoms with Crippen molar-refractivity contribution in [3.05, 3.63) is 65.5 Å². The van der Waals surface area contributed by atoms with Gasteiger partial charge in [-0.1, -0.05) is 37.5 Å². The van der Waals surface area contributed by atoms with Crippen LogP contribution in [-0.2, 0) is 6.54 Å². The van der Waals surface area contributed by atoms with E-state index in [1.54, 1.807) is 16.9 Å². The molecule has 0 atom stereocenters. The molecule has 0 aliphatic heterocycles. The van der Waals surface area contributed by atoms with Crippen LogP contribution in [0.4, 0.5) is 0 Å². The Morgan fingerprint density at radius 2 is 2.03 bits per heavy atom. The van der Waals surface area contributed by atoms with E-state index in [1.807, 2.05) is 23.1 Å². The normalized spacial score (nSPS) is 15.0. The average Bonchev–Trinajstić information content (AvgIpc) is 3.28. The van der Waals surface area contributed by atoms with Crippen molar-refractivity contribution in [1.82, 2.24) is 29.9 Å². The minimum Gasteiger partial charge on any atom is -0.331 e. The number of hydrogen-bond donors (Lipinski definition) is 0. The van der Waals surface area contributed by atoms with Crippen LogP contribution in [0, 0.1) is 6.92 Å². The van der Waals surface area contributed by atoms with Crippen LogP contribution in [0.1, 0.15) is 53.6 Å². The minimum absolute atomic E-state index is 0.0185. The van der Waals surface area contributed by atoms with Gasteiger partial charge in [0.05, 0.1) is 17.6 Å². The van der Waals surface area contributed by atoms with Crippen LogP contribution in [0.15, 0.2) is 48.8 Å². The van der Waals surface area contributed by atoms with Crippen molar-refractivity contribution in [2.24, 2.45) is 0 Å². The zero-order valence-corrected chi connectivity index (χ0v) is 17.0. The van der Waals surface area contributed by atoms with E-state index in [1.165, 1.54) is 6.42 Å². The maximum Gasteiger partial charge on any atom is 0.255 e. The smallest absolute Gasteiger partial charge is 0.255 e. The van der Waals surface area contributed by atoms with E-state index < -0.39 is 0 Å². The number of carbonyl (C=O) groups excluding carboxylic acids is 1. The van der Waals surface area contributed by atoms with Gasteiger partial charge in [0, 0.05) is 29.4 Å². The lowest BCUT2D eigenvalue weighted by molar-refractivity contribution is 0.0614. The third-order valence-electron chi connectivity index (χ3n) is 6.09. The Kier molecular flexibility index (Phi) is 4.86. The highest BCUT2D eigenvalue weighted by Gasteiger charge is 2.28. The summed E-state index contributed by atoms with van der Waals surface area (Å²) in [5.74, 6) is 0.0185. The Morgan fingerprint density at radius 1 is 1.17 bits per heavy atom. The van der Waals surface area contributed by atoms with E-state index in [0.29, 0.717) is 17.8 Å². The van der Waals surface area contributed by atoms with Crippen LogP contribution in [-0.4, -0.2) is 41.9 Å².